The number of rotatable bonds is 6. The molecule has 3 aromatic carbocycles. The molecule has 0 atom stereocenters. The zero-order chi connectivity index (χ0) is 23.5. The minimum Gasteiger partial charge on any atom is -0.332 e. The average molecular weight is 514 g/mol. The van der Waals surface area contributed by atoms with Gasteiger partial charge in [-0.2, -0.15) is 4.98 Å². The van der Waals surface area contributed by atoms with Crippen LogP contribution in [-0.2, 0) is 6.54 Å². The normalized spacial score (nSPS) is 10.9. The fourth-order valence-electron chi connectivity index (χ4n) is 3.53. The van der Waals surface area contributed by atoms with Gasteiger partial charge in [0.05, 0.1) is 6.33 Å². The van der Waals surface area contributed by atoms with Gasteiger partial charge < -0.3 is 14.4 Å². The summed E-state index contributed by atoms with van der Waals surface area (Å²) in [4.78, 5) is 21.3. The van der Waals surface area contributed by atoms with E-state index in [4.69, 9.17) is 4.52 Å². The van der Waals surface area contributed by atoms with Crippen molar-refractivity contribution in [2.45, 2.75) is 13.5 Å². The van der Waals surface area contributed by atoms with E-state index in [-0.39, 0.29) is 5.91 Å². The van der Waals surface area contributed by atoms with Crippen LogP contribution in [0.5, 0.6) is 0 Å². The smallest absolute Gasteiger partial charge is 0.278 e. The SMILES string of the molecule is Cc1ccccc1-c1noc(-c2cn(Cc3ccc(NC(=O)c4ccc(Br)cc4)cc3)cn2)n1. The van der Waals surface area contributed by atoms with Gasteiger partial charge in [0.1, 0.15) is 5.69 Å². The molecule has 2 heterocycles. The zero-order valence-corrected chi connectivity index (χ0v) is 19.9. The van der Waals surface area contributed by atoms with E-state index in [1.165, 1.54) is 0 Å². The molecule has 0 aliphatic carbocycles. The first-order valence-electron chi connectivity index (χ1n) is 10.6. The van der Waals surface area contributed by atoms with Crippen molar-refractivity contribution in [1.82, 2.24) is 19.7 Å². The van der Waals surface area contributed by atoms with Crippen molar-refractivity contribution in [2.24, 2.45) is 0 Å². The van der Waals surface area contributed by atoms with Crippen molar-refractivity contribution in [3.8, 4) is 23.0 Å². The number of benzene rings is 3. The number of hydrogen-bond acceptors (Lipinski definition) is 5. The Bertz CT molecular complexity index is 1440. The molecule has 0 bridgehead atoms. The Morgan fingerprint density at radius 1 is 1.03 bits per heavy atom. The van der Waals surface area contributed by atoms with Crippen molar-refractivity contribution in [3.05, 3.63) is 106 Å². The number of anilines is 1. The van der Waals surface area contributed by atoms with Gasteiger partial charge in [0.2, 0.25) is 5.82 Å². The summed E-state index contributed by atoms with van der Waals surface area (Å²) in [6.45, 7) is 2.63. The van der Waals surface area contributed by atoms with Crippen LogP contribution in [-0.4, -0.2) is 25.6 Å². The molecule has 0 saturated carbocycles. The van der Waals surface area contributed by atoms with Gasteiger partial charge in [-0.1, -0.05) is 57.5 Å². The van der Waals surface area contributed by atoms with Crippen LogP contribution in [0.4, 0.5) is 5.69 Å². The Kier molecular flexibility index (Phi) is 6.05. The van der Waals surface area contributed by atoms with E-state index >= 15 is 0 Å². The number of aromatic nitrogens is 4. The first-order chi connectivity index (χ1) is 16.5. The molecule has 168 valence electrons. The molecule has 34 heavy (non-hydrogen) atoms. The lowest BCUT2D eigenvalue weighted by Gasteiger charge is -2.07. The molecular weight excluding hydrogens is 494 g/mol. The second kappa shape index (κ2) is 9.44. The van der Waals surface area contributed by atoms with Gasteiger partial charge in [0.25, 0.3) is 11.8 Å². The van der Waals surface area contributed by atoms with Gasteiger partial charge in [-0.25, -0.2) is 4.98 Å². The van der Waals surface area contributed by atoms with Crippen LogP contribution in [0.2, 0.25) is 0 Å². The lowest BCUT2D eigenvalue weighted by molar-refractivity contribution is 0.102. The molecule has 0 fully saturated rings. The Hall–Kier alpha value is -4.04. The summed E-state index contributed by atoms with van der Waals surface area (Å²) in [6.07, 6.45) is 3.61. The van der Waals surface area contributed by atoms with Crippen molar-refractivity contribution in [2.75, 3.05) is 5.32 Å². The molecule has 1 amide bonds. The van der Waals surface area contributed by atoms with Gasteiger partial charge in [0, 0.05) is 34.0 Å². The number of imidazole rings is 1. The molecule has 2 aromatic heterocycles. The van der Waals surface area contributed by atoms with E-state index in [9.17, 15) is 4.79 Å². The third-order valence-corrected chi connectivity index (χ3v) is 5.88. The van der Waals surface area contributed by atoms with Crippen LogP contribution in [0.25, 0.3) is 23.0 Å². The van der Waals surface area contributed by atoms with Crippen molar-refractivity contribution < 1.29 is 9.32 Å². The Labute approximate surface area is 204 Å². The molecule has 0 aliphatic heterocycles. The molecular formula is C26H20BrN5O2. The third-order valence-electron chi connectivity index (χ3n) is 5.35. The highest BCUT2D eigenvalue weighted by atomic mass is 79.9. The summed E-state index contributed by atoms with van der Waals surface area (Å²) in [5.74, 6) is 0.774. The van der Waals surface area contributed by atoms with Crippen LogP contribution >= 0.6 is 15.9 Å². The predicted molar refractivity (Wildman–Crippen MR) is 133 cm³/mol. The number of hydrogen-bond donors (Lipinski definition) is 1. The van der Waals surface area contributed by atoms with E-state index in [0.29, 0.717) is 29.5 Å². The number of nitrogens with one attached hydrogen (secondary N) is 1. The first kappa shape index (κ1) is 21.8. The lowest BCUT2D eigenvalue weighted by atomic mass is 10.1. The van der Waals surface area contributed by atoms with Gasteiger partial charge in [-0.05, 0) is 54.4 Å². The van der Waals surface area contributed by atoms with E-state index in [1.807, 2.05) is 78.4 Å². The second-order valence-electron chi connectivity index (χ2n) is 7.83. The number of amides is 1. The van der Waals surface area contributed by atoms with Crippen LogP contribution < -0.4 is 5.32 Å². The fraction of sp³-hybridized carbons (Fsp3) is 0.0769. The van der Waals surface area contributed by atoms with Gasteiger partial charge in [-0.15, -0.1) is 0 Å². The minimum absolute atomic E-state index is 0.149. The number of carbonyl (C=O) groups is 1. The van der Waals surface area contributed by atoms with Crippen LogP contribution in [0.15, 0.2) is 94.3 Å². The number of aryl methyl sites for hydroxylation is 1. The van der Waals surface area contributed by atoms with E-state index in [2.05, 4.69) is 36.4 Å². The van der Waals surface area contributed by atoms with Crippen molar-refractivity contribution in [3.63, 3.8) is 0 Å². The summed E-state index contributed by atoms with van der Waals surface area (Å²) in [6, 6.07) is 22.9. The highest BCUT2D eigenvalue weighted by Gasteiger charge is 2.14. The Balaban J connectivity index is 1.24. The minimum atomic E-state index is -0.149. The summed E-state index contributed by atoms with van der Waals surface area (Å²) in [7, 11) is 0. The van der Waals surface area contributed by atoms with Crippen LogP contribution in [0.1, 0.15) is 21.5 Å². The highest BCUT2D eigenvalue weighted by Crippen LogP contribution is 2.23. The molecule has 0 spiro atoms. The van der Waals surface area contributed by atoms with Crippen molar-refractivity contribution in [1.29, 1.82) is 0 Å². The van der Waals surface area contributed by atoms with Gasteiger partial charge in [-0.3, -0.25) is 4.79 Å². The topological polar surface area (TPSA) is 85.8 Å². The molecule has 1 N–H and O–H groups in total. The zero-order valence-electron chi connectivity index (χ0n) is 18.3. The summed E-state index contributed by atoms with van der Waals surface area (Å²) < 4.78 is 8.32. The molecule has 5 aromatic rings. The number of nitrogens with zero attached hydrogens (tertiary/aromatic N) is 4. The molecule has 8 heteroatoms. The lowest BCUT2D eigenvalue weighted by Crippen LogP contribution is -2.11. The third kappa shape index (κ3) is 4.82. The maximum absolute atomic E-state index is 12.4. The van der Waals surface area contributed by atoms with E-state index in [0.717, 1.165) is 26.9 Å². The quantitative estimate of drug-likeness (QED) is 0.302. The van der Waals surface area contributed by atoms with Crippen LogP contribution in [0, 0.1) is 6.92 Å². The van der Waals surface area contributed by atoms with Crippen LogP contribution in [0.3, 0.4) is 0 Å². The van der Waals surface area contributed by atoms with E-state index in [1.54, 1.807) is 18.5 Å². The number of halogens is 1. The highest BCUT2D eigenvalue weighted by molar-refractivity contribution is 9.10. The summed E-state index contributed by atoms with van der Waals surface area (Å²) >= 11 is 3.37. The first-order valence-corrected chi connectivity index (χ1v) is 11.4. The molecule has 0 unspecified atom stereocenters. The predicted octanol–water partition coefficient (Wildman–Crippen LogP) is 5.97. The maximum atomic E-state index is 12.4. The summed E-state index contributed by atoms with van der Waals surface area (Å²) in [5.41, 5.74) is 5.03. The standard InChI is InChI=1S/C26H20BrN5O2/c1-17-4-2-3-5-22(17)24-30-26(34-31-24)23-15-32(16-28-23)14-18-6-12-21(13-7-18)29-25(33)19-8-10-20(27)11-9-19/h2-13,15-16H,14H2,1H3,(H,29,33). The Morgan fingerprint density at radius 2 is 1.79 bits per heavy atom. The number of carbonyl (C=O) groups excluding carboxylic acids is 1. The van der Waals surface area contributed by atoms with Crippen molar-refractivity contribution >= 4 is 27.5 Å². The molecule has 0 saturated heterocycles. The second-order valence-corrected chi connectivity index (χ2v) is 8.74. The molecule has 7 nitrogen and oxygen atoms in total. The fourth-order valence-corrected chi connectivity index (χ4v) is 3.79. The summed E-state index contributed by atoms with van der Waals surface area (Å²) in [5, 5.41) is 7.02. The largest absolute Gasteiger partial charge is 0.332 e. The van der Waals surface area contributed by atoms with E-state index < -0.39 is 0 Å². The maximum Gasteiger partial charge on any atom is 0.278 e. The Morgan fingerprint density at radius 3 is 2.56 bits per heavy atom. The van der Waals surface area contributed by atoms with Gasteiger partial charge in [0.15, 0.2) is 0 Å². The molecule has 0 aliphatic rings. The average Bonchev–Trinajstić information content (AvgIpc) is 3.51. The molecule has 0 radical (unpaired) electrons. The van der Waals surface area contributed by atoms with Gasteiger partial charge >= 0.3 is 0 Å². The monoisotopic (exact) mass is 513 g/mol. The molecule has 5 rings (SSSR count).